The molecule has 0 spiro atoms. The van der Waals surface area contributed by atoms with Gasteiger partial charge in [-0.1, -0.05) is 11.6 Å². The highest BCUT2D eigenvalue weighted by atomic mass is 16.5. The number of amides is 2. The molecule has 0 aromatic carbocycles. The van der Waals surface area contributed by atoms with E-state index >= 15 is 0 Å². The quantitative estimate of drug-likeness (QED) is 0.838. The van der Waals surface area contributed by atoms with E-state index in [4.69, 9.17) is 10.3 Å². The van der Waals surface area contributed by atoms with Crippen LogP contribution in [0, 0.1) is 0 Å². The van der Waals surface area contributed by atoms with Crippen LogP contribution in [0.3, 0.4) is 0 Å². The molecule has 0 atom stereocenters. The highest BCUT2D eigenvalue weighted by molar-refractivity contribution is 6.04. The molecular formula is C15H16N4O3. The van der Waals surface area contributed by atoms with Crippen LogP contribution in [0.5, 0.6) is 0 Å². The maximum atomic E-state index is 12.3. The molecule has 2 amide bonds. The second-order valence-electron chi connectivity index (χ2n) is 5.24. The first-order valence-electron chi connectivity index (χ1n) is 7.20. The second kappa shape index (κ2) is 5.97. The molecule has 1 aliphatic rings. The van der Waals surface area contributed by atoms with Crippen molar-refractivity contribution in [3.63, 3.8) is 0 Å². The van der Waals surface area contributed by atoms with Crippen LogP contribution in [0.1, 0.15) is 51.6 Å². The number of fused-ring (bicyclic) bond motifs is 1. The summed E-state index contributed by atoms with van der Waals surface area (Å²) in [5.41, 5.74) is 6.97. The maximum Gasteiger partial charge on any atom is 0.278 e. The number of hydrogen-bond donors (Lipinski definition) is 2. The summed E-state index contributed by atoms with van der Waals surface area (Å²) < 4.78 is 5.29. The van der Waals surface area contributed by atoms with Gasteiger partial charge in [-0.25, -0.2) is 4.98 Å². The van der Waals surface area contributed by atoms with Gasteiger partial charge in [-0.2, -0.15) is 0 Å². The lowest BCUT2D eigenvalue weighted by atomic mass is 10.1. The molecular weight excluding hydrogens is 284 g/mol. The van der Waals surface area contributed by atoms with Crippen LogP contribution in [0.4, 0.5) is 5.69 Å². The minimum atomic E-state index is -0.611. The Bertz CT molecular complexity index is 706. The largest absolute Gasteiger partial charge is 0.364 e. The minimum Gasteiger partial charge on any atom is -0.364 e. The zero-order valence-corrected chi connectivity index (χ0v) is 12.0. The summed E-state index contributed by atoms with van der Waals surface area (Å²) in [6.45, 7) is 0. The number of nitrogens with one attached hydrogen (secondary N) is 1. The molecule has 2 heterocycles. The highest BCUT2D eigenvalue weighted by Gasteiger charge is 2.23. The van der Waals surface area contributed by atoms with Gasteiger partial charge in [0.25, 0.3) is 11.8 Å². The van der Waals surface area contributed by atoms with E-state index in [0.717, 1.165) is 43.4 Å². The van der Waals surface area contributed by atoms with Gasteiger partial charge in [-0.05, 0) is 31.4 Å². The average Bonchev–Trinajstić information content (AvgIpc) is 2.77. The lowest BCUT2D eigenvalue weighted by Gasteiger charge is -2.04. The Morgan fingerprint density at radius 2 is 2.00 bits per heavy atom. The summed E-state index contributed by atoms with van der Waals surface area (Å²) in [6.07, 6.45) is 6.23. The Hall–Kier alpha value is -2.70. The predicted octanol–water partition coefficient (Wildman–Crippen LogP) is 1.69. The fraction of sp³-hybridized carbons (Fsp3) is 0.333. The van der Waals surface area contributed by atoms with Gasteiger partial charge >= 0.3 is 0 Å². The Balaban J connectivity index is 1.77. The lowest BCUT2D eigenvalue weighted by Crippen LogP contribution is -2.16. The molecule has 0 bridgehead atoms. The SMILES string of the molecule is NC(=O)c1ccc(NC(=O)c2noc3c2CCCCC3)cn1. The van der Waals surface area contributed by atoms with E-state index in [0.29, 0.717) is 11.4 Å². The molecule has 3 N–H and O–H groups in total. The van der Waals surface area contributed by atoms with Crippen molar-refractivity contribution < 1.29 is 14.1 Å². The first-order chi connectivity index (χ1) is 10.6. The minimum absolute atomic E-state index is 0.147. The molecule has 22 heavy (non-hydrogen) atoms. The van der Waals surface area contributed by atoms with E-state index in [2.05, 4.69) is 15.5 Å². The second-order valence-corrected chi connectivity index (χ2v) is 5.24. The van der Waals surface area contributed by atoms with Crippen molar-refractivity contribution >= 4 is 17.5 Å². The molecule has 1 aliphatic carbocycles. The van der Waals surface area contributed by atoms with Crippen molar-refractivity contribution in [3.05, 3.63) is 41.0 Å². The molecule has 0 aliphatic heterocycles. The Morgan fingerprint density at radius 1 is 1.18 bits per heavy atom. The molecule has 2 aromatic heterocycles. The monoisotopic (exact) mass is 300 g/mol. The predicted molar refractivity (Wildman–Crippen MR) is 78.5 cm³/mol. The lowest BCUT2D eigenvalue weighted by molar-refractivity contribution is 0.0993. The molecule has 3 rings (SSSR count). The Morgan fingerprint density at radius 3 is 2.73 bits per heavy atom. The first-order valence-corrected chi connectivity index (χ1v) is 7.20. The summed E-state index contributed by atoms with van der Waals surface area (Å²) >= 11 is 0. The molecule has 2 aromatic rings. The van der Waals surface area contributed by atoms with Crippen LogP contribution in [0.15, 0.2) is 22.9 Å². The van der Waals surface area contributed by atoms with Gasteiger partial charge in [0.2, 0.25) is 0 Å². The molecule has 7 heteroatoms. The fourth-order valence-electron chi connectivity index (χ4n) is 2.54. The number of anilines is 1. The molecule has 0 radical (unpaired) electrons. The standard InChI is InChI=1S/C15H16N4O3/c16-14(20)11-7-6-9(8-17-11)18-15(21)13-10-4-2-1-3-5-12(10)22-19-13/h6-8H,1-5H2,(H2,16,20)(H,18,21). The van der Waals surface area contributed by atoms with Crippen LogP contribution in [-0.2, 0) is 12.8 Å². The van der Waals surface area contributed by atoms with Gasteiger partial charge in [0.15, 0.2) is 5.69 Å². The van der Waals surface area contributed by atoms with Crippen molar-refractivity contribution in [2.75, 3.05) is 5.32 Å². The number of pyridine rings is 1. The van der Waals surface area contributed by atoms with Gasteiger partial charge in [0, 0.05) is 12.0 Å². The molecule has 0 unspecified atom stereocenters. The van der Waals surface area contributed by atoms with Gasteiger partial charge in [0.1, 0.15) is 11.5 Å². The zero-order chi connectivity index (χ0) is 15.5. The van der Waals surface area contributed by atoms with Gasteiger partial charge in [0.05, 0.1) is 11.9 Å². The summed E-state index contributed by atoms with van der Waals surface area (Å²) in [5.74, 6) is -0.134. The van der Waals surface area contributed by atoms with Crippen LogP contribution >= 0.6 is 0 Å². The van der Waals surface area contributed by atoms with Crippen molar-refractivity contribution in [2.24, 2.45) is 5.73 Å². The van der Waals surface area contributed by atoms with Crippen LogP contribution in [0.25, 0.3) is 0 Å². The van der Waals surface area contributed by atoms with E-state index in [-0.39, 0.29) is 11.6 Å². The number of primary amides is 1. The molecule has 0 saturated heterocycles. The topological polar surface area (TPSA) is 111 Å². The third-order valence-electron chi connectivity index (χ3n) is 3.69. The van der Waals surface area contributed by atoms with Crippen LogP contribution in [-0.4, -0.2) is 22.0 Å². The summed E-state index contributed by atoms with van der Waals surface area (Å²) in [4.78, 5) is 27.2. The summed E-state index contributed by atoms with van der Waals surface area (Å²) in [5, 5.41) is 6.60. The smallest absolute Gasteiger partial charge is 0.278 e. The van der Waals surface area contributed by atoms with E-state index in [1.807, 2.05) is 0 Å². The van der Waals surface area contributed by atoms with E-state index in [1.54, 1.807) is 6.07 Å². The van der Waals surface area contributed by atoms with Crippen LogP contribution < -0.4 is 11.1 Å². The Labute approximate surface area is 126 Å². The number of carbonyl (C=O) groups is 2. The number of carbonyl (C=O) groups excluding carboxylic acids is 2. The summed E-state index contributed by atoms with van der Waals surface area (Å²) in [6, 6.07) is 3.03. The third kappa shape index (κ3) is 2.83. The number of nitrogens with zero attached hydrogens (tertiary/aromatic N) is 2. The van der Waals surface area contributed by atoms with E-state index in [9.17, 15) is 9.59 Å². The maximum absolute atomic E-state index is 12.3. The Kier molecular flexibility index (Phi) is 3.86. The number of nitrogens with two attached hydrogens (primary N) is 1. The zero-order valence-electron chi connectivity index (χ0n) is 12.0. The normalized spacial score (nSPS) is 14.0. The fourth-order valence-corrected chi connectivity index (χ4v) is 2.54. The molecule has 0 saturated carbocycles. The van der Waals surface area contributed by atoms with Crippen molar-refractivity contribution in [3.8, 4) is 0 Å². The highest BCUT2D eigenvalue weighted by Crippen LogP contribution is 2.24. The molecule has 7 nitrogen and oxygen atoms in total. The molecule has 114 valence electrons. The van der Waals surface area contributed by atoms with Crippen LogP contribution in [0.2, 0.25) is 0 Å². The van der Waals surface area contributed by atoms with E-state index < -0.39 is 5.91 Å². The van der Waals surface area contributed by atoms with E-state index in [1.165, 1.54) is 12.3 Å². The number of hydrogen-bond acceptors (Lipinski definition) is 5. The van der Waals surface area contributed by atoms with Gasteiger partial charge < -0.3 is 15.6 Å². The third-order valence-corrected chi connectivity index (χ3v) is 3.69. The number of rotatable bonds is 3. The van der Waals surface area contributed by atoms with Crippen molar-refractivity contribution in [1.29, 1.82) is 0 Å². The molecule has 0 fully saturated rings. The van der Waals surface area contributed by atoms with Crippen molar-refractivity contribution in [1.82, 2.24) is 10.1 Å². The van der Waals surface area contributed by atoms with Gasteiger partial charge in [-0.3, -0.25) is 9.59 Å². The van der Waals surface area contributed by atoms with Gasteiger partial charge in [-0.15, -0.1) is 0 Å². The first kappa shape index (κ1) is 14.2. The number of aryl methyl sites for hydroxylation is 1. The number of aromatic nitrogens is 2. The van der Waals surface area contributed by atoms with Crippen molar-refractivity contribution in [2.45, 2.75) is 32.1 Å². The average molecular weight is 300 g/mol. The summed E-state index contributed by atoms with van der Waals surface area (Å²) in [7, 11) is 0.